The van der Waals surface area contributed by atoms with Crippen LogP contribution in [0.1, 0.15) is 28.4 Å². The zero-order valence-electron chi connectivity index (χ0n) is 10.7. The molecule has 1 unspecified atom stereocenters. The minimum Gasteiger partial charge on any atom is -0.315 e. The van der Waals surface area contributed by atoms with Gasteiger partial charge in [-0.15, -0.1) is 0 Å². The van der Waals surface area contributed by atoms with Crippen molar-refractivity contribution in [3.05, 3.63) is 71.3 Å². The van der Waals surface area contributed by atoms with Gasteiger partial charge in [-0.05, 0) is 19.4 Å². The summed E-state index contributed by atoms with van der Waals surface area (Å²) in [6.45, 7) is 3.75. The van der Waals surface area contributed by atoms with Crippen molar-refractivity contribution in [2.24, 2.45) is 5.73 Å². The van der Waals surface area contributed by atoms with Crippen LogP contribution < -0.4 is 5.73 Å². The Morgan fingerprint density at radius 2 is 1.56 bits per heavy atom. The third-order valence-corrected chi connectivity index (χ3v) is 3.16. The molecule has 0 fully saturated rings. The van der Waals surface area contributed by atoms with Crippen LogP contribution in [0.4, 0.5) is 0 Å². The summed E-state index contributed by atoms with van der Waals surface area (Å²) in [5.41, 5.74) is 7.82. The number of Topliss-reactive ketones (excluding diaryl/α,β-unsaturated/α-hetero) is 1. The maximum absolute atomic E-state index is 12.5. The number of ketones is 1. The van der Waals surface area contributed by atoms with Crippen LogP contribution in [-0.4, -0.2) is 5.78 Å². The number of carbonyl (C=O) groups excluding carboxylic acids is 1. The molecule has 2 aromatic rings. The summed E-state index contributed by atoms with van der Waals surface area (Å²) >= 11 is 0. The van der Waals surface area contributed by atoms with Gasteiger partial charge in [-0.3, -0.25) is 4.79 Å². The molecule has 0 saturated carbocycles. The molecule has 2 aromatic carbocycles. The Balaban J connectivity index is 2.36. The average Bonchev–Trinajstić information content (AvgIpc) is 2.40. The molecule has 2 nitrogen and oxygen atoms in total. The summed E-state index contributed by atoms with van der Waals surface area (Å²) in [4.78, 5) is 12.5. The largest absolute Gasteiger partial charge is 0.315 e. The van der Waals surface area contributed by atoms with Gasteiger partial charge >= 0.3 is 0 Å². The third-order valence-electron chi connectivity index (χ3n) is 3.16. The molecule has 0 aromatic heterocycles. The number of aryl methyl sites for hydroxylation is 1. The first kappa shape index (κ1) is 12.5. The van der Waals surface area contributed by atoms with Crippen molar-refractivity contribution in [3.63, 3.8) is 0 Å². The number of carbonyl (C=O) groups is 1. The normalized spacial score (nSPS) is 13.9. The highest BCUT2D eigenvalue weighted by atomic mass is 16.1. The Labute approximate surface area is 107 Å². The number of benzene rings is 2. The van der Waals surface area contributed by atoms with Gasteiger partial charge in [0.2, 0.25) is 0 Å². The van der Waals surface area contributed by atoms with Gasteiger partial charge in [0.15, 0.2) is 5.78 Å². The first-order chi connectivity index (χ1) is 8.51. The zero-order chi connectivity index (χ0) is 13.2. The van der Waals surface area contributed by atoms with Crippen molar-refractivity contribution in [1.82, 2.24) is 0 Å². The van der Waals surface area contributed by atoms with E-state index in [1.54, 1.807) is 6.92 Å². The topological polar surface area (TPSA) is 43.1 Å². The van der Waals surface area contributed by atoms with Crippen LogP contribution in [0.15, 0.2) is 54.6 Å². The Kier molecular flexibility index (Phi) is 3.30. The van der Waals surface area contributed by atoms with Gasteiger partial charge in [-0.25, -0.2) is 0 Å². The quantitative estimate of drug-likeness (QED) is 0.836. The second kappa shape index (κ2) is 4.75. The van der Waals surface area contributed by atoms with E-state index in [2.05, 4.69) is 0 Å². The van der Waals surface area contributed by atoms with Crippen molar-refractivity contribution in [2.45, 2.75) is 19.4 Å². The first-order valence-electron chi connectivity index (χ1n) is 5.97. The first-order valence-corrected chi connectivity index (χ1v) is 5.97. The van der Waals surface area contributed by atoms with Gasteiger partial charge < -0.3 is 5.73 Å². The monoisotopic (exact) mass is 239 g/mol. The van der Waals surface area contributed by atoms with Crippen LogP contribution in [0.5, 0.6) is 0 Å². The average molecular weight is 239 g/mol. The van der Waals surface area contributed by atoms with E-state index in [-0.39, 0.29) is 5.78 Å². The Morgan fingerprint density at radius 3 is 2.11 bits per heavy atom. The number of nitrogens with two attached hydrogens (primary N) is 1. The Hall–Kier alpha value is -1.93. The lowest BCUT2D eigenvalue weighted by Gasteiger charge is -2.23. The molecule has 18 heavy (non-hydrogen) atoms. The van der Waals surface area contributed by atoms with E-state index < -0.39 is 5.54 Å². The van der Waals surface area contributed by atoms with Crippen LogP contribution >= 0.6 is 0 Å². The molecule has 0 heterocycles. The van der Waals surface area contributed by atoms with Crippen LogP contribution in [-0.2, 0) is 5.54 Å². The van der Waals surface area contributed by atoms with E-state index in [1.165, 1.54) is 0 Å². The second-order valence-electron chi connectivity index (χ2n) is 4.76. The maximum atomic E-state index is 12.5. The number of hydrogen-bond donors (Lipinski definition) is 1. The van der Waals surface area contributed by atoms with Crippen LogP contribution in [0.25, 0.3) is 0 Å². The predicted molar refractivity (Wildman–Crippen MR) is 73.5 cm³/mol. The lowest BCUT2D eigenvalue weighted by molar-refractivity contribution is 0.0900. The lowest BCUT2D eigenvalue weighted by Crippen LogP contribution is -2.41. The number of rotatable bonds is 3. The fourth-order valence-corrected chi connectivity index (χ4v) is 1.92. The van der Waals surface area contributed by atoms with E-state index >= 15 is 0 Å². The van der Waals surface area contributed by atoms with Crippen molar-refractivity contribution < 1.29 is 4.79 Å². The summed E-state index contributed by atoms with van der Waals surface area (Å²) < 4.78 is 0. The minimum atomic E-state index is -0.990. The van der Waals surface area contributed by atoms with Gasteiger partial charge in [0.25, 0.3) is 0 Å². The fraction of sp³-hybridized carbons (Fsp3) is 0.188. The van der Waals surface area contributed by atoms with E-state index in [0.29, 0.717) is 5.56 Å². The van der Waals surface area contributed by atoms with Gasteiger partial charge in [0, 0.05) is 5.56 Å². The molecule has 2 rings (SSSR count). The summed E-state index contributed by atoms with van der Waals surface area (Å²) in [6.07, 6.45) is 0. The van der Waals surface area contributed by atoms with Crippen molar-refractivity contribution in [3.8, 4) is 0 Å². The van der Waals surface area contributed by atoms with Crippen LogP contribution in [0.3, 0.4) is 0 Å². The molecule has 0 spiro atoms. The summed E-state index contributed by atoms with van der Waals surface area (Å²) in [5.74, 6) is -0.0614. The lowest BCUT2D eigenvalue weighted by atomic mass is 9.85. The fourth-order valence-electron chi connectivity index (χ4n) is 1.92. The highest BCUT2D eigenvalue weighted by molar-refractivity contribution is 6.03. The summed E-state index contributed by atoms with van der Waals surface area (Å²) in [5, 5.41) is 0. The van der Waals surface area contributed by atoms with Crippen molar-refractivity contribution in [2.75, 3.05) is 0 Å². The second-order valence-corrected chi connectivity index (χ2v) is 4.76. The molecule has 0 aliphatic rings. The van der Waals surface area contributed by atoms with E-state index in [9.17, 15) is 4.79 Å². The molecule has 1 atom stereocenters. The highest BCUT2D eigenvalue weighted by Gasteiger charge is 2.30. The van der Waals surface area contributed by atoms with Gasteiger partial charge in [-0.1, -0.05) is 60.2 Å². The maximum Gasteiger partial charge on any atom is 0.186 e. The number of hydrogen-bond acceptors (Lipinski definition) is 2. The Morgan fingerprint density at radius 1 is 1.00 bits per heavy atom. The van der Waals surface area contributed by atoms with Crippen LogP contribution in [0, 0.1) is 6.92 Å². The minimum absolute atomic E-state index is 0.0614. The molecule has 2 N–H and O–H groups in total. The molecule has 2 heteroatoms. The summed E-state index contributed by atoms with van der Waals surface area (Å²) in [6, 6.07) is 17.0. The molecule has 0 aliphatic carbocycles. The van der Waals surface area contributed by atoms with Crippen LogP contribution in [0.2, 0.25) is 0 Å². The highest BCUT2D eigenvalue weighted by Crippen LogP contribution is 2.22. The molecule has 0 radical (unpaired) electrons. The van der Waals surface area contributed by atoms with Crippen molar-refractivity contribution >= 4 is 5.78 Å². The van der Waals surface area contributed by atoms with E-state index in [1.807, 2.05) is 61.5 Å². The van der Waals surface area contributed by atoms with Gasteiger partial charge in [-0.2, -0.15) is 0 Å². The predicted octanol–water partition coefficient (Wildman–Crippen LogP) is 3.05. The standard InChI is InChI=1S/C16H17NO/c1-12-8-10-13(11-9-12)15(18)16(2,17)14-6-4-3-5-7-14/h3-11H,17H2,1-2H3. The van der Waals surface area contributed by atoms with E-state index in [4.69, 9.17) is 5.73 Å². The summed E-state index contributed by atoms with van der Waals surface area (Å²) in [7, 11) is 0. The SMILES string of the molecule is Cc1ccc(C(=O)C(C)(N)c2ccccc2)cc1. The molecular formula is C16H17NO. The Bertz CT molecular complexity index is 541. The zero-order valence-corrected chi connectivity index (χ0v) is 10.7. The molecular weight excluding hydrogens is 222 g/mol. The molecule has 0 bridgehead atoms. The van der Waals surface area contributed by atoms with Gasteiger partial charge in [0.05, 0.1) is 0 Å². The van der Waals surface area contributed by atoms with Gasteiger partial charge in [0.1, 0.15) is 5.54 Å². The van der Waals surface area contributed by atoms with Crippen molar-refractivity contribution in [1.29, 1.82) is 0 Å². The third kappa shape index (κ3) is 2.34. The molecule has 0 saturated heterocycles. The van der Waals surface area contributed by atoms with E-state index in [0.717, 1.165) is 11.1 Å². The molecule has 0 amide bonds. The smallest absolute Gasteiger partial charge is 0.186 e. The molecule has 0 aliphatic heterocycles. The molecule has 92 valence electrons.